The Morgan fingerprint density at radius 2 is 1.96 bits per heavy atom. The van der Waals surface area contributed by atoms with E-state index in [1.807, 2.05) is 6.07 Å². The van der Waals surface area contributed by atoms with Crippen LogP contribution in [0.4, 0.5) is 4.39 Å². The van der Waals surface area contributed by atoms with Crippen LogP contribution in [0.3, 0.4) is 0 Å². The van der Waals surface area contributed by atoms with E-state index >= 15 is 0 Å². The molecule has 0 N–H and O–H groups in total. The lowest BCUT2D eigenvalue weighted by atomic mass is 9.55. The van der Waals surface area contributed by atoms with Gasteiger partial charge in [-0.05, 0) is 85.5 Å². The second-order valence-corrected chi connectivity index (χ2v) is 7.97. The predicted octanol–water partition coefficient (Wildman–Crippen LogP) is 4.69. The lowest BCUT2D eigenvalue weighted by Gasteiger charge is -2.50. The molecule has 0 bridgehead atoms. The molecule has 2 saturated carbocycles. The normalized spacial score (nSPS) is 25.9. The molecule has 4 rings (SSSR count). The highest BCUT2D eigenvalue weighted by atomic mass is 19.1. The van der Waals surface area contributed by atoms with Crippen LogP contribution in [0.15, 0.2) is 12.1 Å². The van der Waals surface area contributed by atoms with Crippen LogP contribution in [0.2, 0.25) is 0 Å². The molecule has 3 aliphatic carbocycles. The van der Waals surface area contributed by atoms with E-state index in [9.17, 15) is 9.18 Å². The maximum atomic E-state index is 14.5. The minimum Gasteiger partial charge on any atom is -0.465 e. The molecule has 124 valence electrons. The largest absolute Gasteiger partial charge is 0.465 e. The van der Waals surface area contributed by atoms with Crippen LogP contribution < -0.4 is 0 Å². The maximum absolute atomic E-state index is 14.5. The fourth-order valence-corrected chi connectivity index (χ4v) is 5.41. The maximum Gasteiger partial charge on any atom is 0.337 e. The summed E-state index contributed by atoms with van der Waals surface area (Å²) in [7, 11) is 1.34. The van der Waals surface area contributed by atoms with Crippen LogP contribution in [0.5, 0.6) is 0 Å². The lowest BCUT2D eigenvalue weighted by Crippen LogP contribution is -2.40. The summed E-state index contributed by atoms with van der Waals surface area (Å²) < 4.78 is 19.2. The summed E-state index contributed by atoms with van der Waals surface area (Å²) in [6.45, 7) is 0. The third-order valence-electron chi connectivity index (χ3n) is 6.68. The van der Waals surface area contributed by atoms with E-state index in [0.717, 1.165) is 36.3 Å². The van der Waals surface area contributed by atoms with Crippen LogP contribution in [0, 0.1) is 23.1 Å². The van der Waals surface area contributed by atoms with Gasteiger partial charge in [0, 0.05) is 0 Å². The second kappa shape index (κ2) is 5.61. The van der Waals surface area contributed by atoms with Gasteiger partial charge in [0.25, 0.3) is 0 Å². The molecule has 23 heavy (non-hydrogen) atoms. The van der Waals surface area contributed by atoms with Crippen LogP contribution in [0.25, 0.3) is 0 Å². The third-order valence-corrected chi connectivity index (χ3v) is 6.68. The highest BCUT2D eigenvalue weighted by Crippen LogP contribution is 2.59. The fraction of sp³-hybridized carbons (Fsp3) is 0.650. The van der Waals surface area contributed by atoms with Crippen molar-refractivity contribution in [2.75, 3.05) is 7.11 Å². The third kappa shape index (κ3) is 2.58. The van der Waals surface area contributed by atoms with Crippen molar-refractivity contribution in [3.63, 3.8) is 0 Å². The van der Waals surface area contributed by atoms with Gasteiger partial charge >= 0.3 is 5.97 Å². The first-order valence-electron chi connectivity index (χ1n) is 9.00. The molecule has 0 amide bonds. The van der Waals surface area contributed by atoms with Crippen molar-refractivity contribution in [3.8, 4) is 0 Å². The summed E-state index contributed by atoms with van der Waals surface area (Å²) in [4.78, 5) is 11.6. The number of esters is 1. The zero-order valence-corrected chi connectivity index (χ0v) is 13.9. The first-order chi connectivity index (χ1) is 11.1. The number of carbonyl (C=O) groups is 1. The second-order valence-electron chi connectivity index (χ2n) is 7.97. The molecule has 2 fully saturated rings. The molecule has 0 saturated heterocycles. The molecular weight excluding hydrogens is 291 g/mol. The number of hydrogen-bond donors (Lipinski definition) is 0. The Bertz CT molecular complexity index is 623. The Hall–Kier alpha value is -1.38. The first-order valence-corrected chi connectivity index (χ1v) is 9.00. The summed E-state index contributed by atoms with van der Waals surface area (Å²) in [6.07, 6.45) is 11.3. The van der Waals surface area contributed by atoms with E-state index in [4.69, 9.17) is 4.74 Å². The van der Waals surface area contributed by atoms with Crippen LogP contribution in [-0.2, 0) is 17.6 Å². The molecule has 1 atom stereocenters. The number of aryl methyl sites for hydroxylation is 1. The Labute approximate surface area is 137 Å². The number of fused-ring (bicyclic) bond motifs is 1. The Balaban J connectivity index is 1.48. The monoisotopic (exact) mass is 316 g/mol. The fourth-order valence-electron chi connectivity index (χ4n) is 5.41. The van der Waals surface area contributed by atoms with Crippen molar-refractivity contribution >= 4 is 5.97 Å². The predicted molar refractivity (Wildman–Crippen MR) is 86.9 cm³/mol. The van der Waals surface area contributed by atoms with Gasteiger partial charge in [-0.15, -0.1) is 0 Å². The molecule has 0 aliphatic heterocycles. The Kier molecular flexibility index (Phi) is 3.70. The van der Waals surface area contributed by atoms with Crippen molar-refractivity contribution in [1.82, 2.24) is 0 Å². The van der Waals surface area contributed by atoms with E-state index in [-0.39, 0.29) is 5.82 Å². The Morgan fingerprint density at radius 3 is 2.65 bits per heavy atom. The van der Waals surface area contributed by atoms with Crippen molar-refractivity contribution in [3.05, 3.63) is 34.6 Å². The van der Waals surface area contributed by atoms with Gasteiger partial charge in [0.15, 0.2) is 0 Å². The van der Waals surface area contributed by atoms with E-state index in [1.165, 1.54) is 51.7 Å². The summed E-state index contributed by atoms with van der Waals surface area (Å²) in [6, 6.07) is 3.19. The zero-order valence-electron chi connectivity index (χ0n) is 13.9. The highest BCUT2D eigenvalue weighted by molar-refractivity contribution is 5.89. The average Bonchev–Trinajstić information content (AvgIpc) is 3.02. The molecule has 0 heterocycles. The van der Waals surface area contributed by atoms with Gasteiger partial charge in [0.1, 0.15) is 5.82 Å². The SMILES string of the molecule is COC(=O)c1cc(F)c2c(c1)CCC(C1CC3(CCCC3)C1)C2. The number of hydrogen-bond acceptors (Lipinski definition) is 2. The molecule has 1 spiro atoms. The van der Waals surface area contributed by atoms with E-state index in [1.54, 1.807) is 0 Å². The van der Waals surface area contributed by atoms with Gasteiger partial charge in [0.05, 0.1) is 12.7 Å². The molecule has 0 aromatic heterocycles. The molecule has 1 aromatic rings. The van der Waals surface area contributed by atoms with Crippen LogP contribution >= 0.6 is 0 Å². The summed E-state index contributed by atoms with van der Waals surface area (Å²) in [5, 5.41) is 0. The van der Waals surface area contributed by atoms with Crippen LogP contribution in [-0.4, -0.2) is 13.1 Å². The van der Waals surface area contributed by atoms with Crippen molar-refractivity contribution < 1.29 is 13.9 Å². The topological polar surface area (TPSA) is 26.3 Å². The number of benzene rings is 1. The van der Waals surface area contributed by atoms with Crippen molar-refractivity contribution in [1.29, 1.82) is 0 Å². The zero-order chi connectivity index (χ0) is 16.0. The van der Waals surface area contributed by atoms with E-state index in [2.05, 4.69) is 0 Å². The minimum atomic E-state index is -0.448. The molecular formula is C20H25FO2. The molecule has 1 aromatic carbocycles. The molecule has 3 aliphatic rings. The number of carbonyl (C=O) groups excluding carboxylic acids is 1. The smallest absolute Gasteiger partial charge is 0.337 e. The van der Waals surface area contributed by atoms with Crippen molar-refractivity contribution in [2.24, 2.45) is 17.3 Å². The molecule has 0 radical (unpaired) electrons. The quantitative estimate of drug-likeness (QED) is 0.740. The first kappa shape index (κ1) is 15.2. The van der Waals surface area contributed by atoms with Gasteiger partial charge in [-0.2, -0.15) is 0 Å². The van der Waals surface area contributed by atoms with Crippen LogP contribution in [0.1, 0.15) is 66.4 Å². The van der Waals surface area contributed by atoms with E-state index < -0.39 is 5.97 Å². The van der Waals surface area contributed by atoms with E-state index in [0.29, 0.717) is 16.9 Å². The van der Waals surface area contributed by atoms with Gasteiger partial charge in [-0.25, -0.2) is 9.18 Å². The molecule has 1 unspecified atom stereocenters. The summed E-state index contributed by atoms with van der Waals surface area (Å²) in [5.41, 5.74) is 2.87. The van der Waals surface area contributed by atoms with Gasteiger partial charge in [-0.3, -0.25) is 0 Å². The summed E-state index contributed by atoms with van der Waals surface area (Å²) >= 11 is 0. The van der Waals surface area contributed by atoms with Gasteiger partial charge in [0.2, 0.25) is 0 Å². The van der Waals surface area contributed by atoms with Crippen molar-refractivity contribution in [2.45, 2.75) is 57.8 Å². The number of methoxy groups -OCH3 is 1. The number of ether oxygens (including phenoxy) is 1. The average molecular weight is 316 g/mol. The standard InChI is InChI=1S/C20H25FO2/c1-23-19(22)15-8-14-5-4-13(9-17(14)18(21)10-15)16-11-20(12-16)6-2-3-7-20/h8,10,13,16H,2-7,9,11-12H2,1H3. The Morgan fingerprint density at radius 1 is 1.22 bits per heavy atom. The minimum absolute atomic E-state index is 0.220. The molecule has 3 heteroatoms. The number of rotatable bonds is 2. The lowest BCUT2D eigenvalue weighted by molar-refractivity contribution is 0.0169. The van der Waals surface area contributed by atoms with Gasteiger partial charge in [-0.1, -0.05) is 12.8 Å². The van der Waals surface area contributed by atoms with Gasteiger partial charge < -0.3 is 4.74 Å². The summed E-state index contributed by atoms with van der Waals surface area (Å²) in [5.74, 6) is 0.756. The number of halogens is 1. The molecule has 2 nitrogen and oxygen atoms in total. The highest BCUT2D eigenvalue weighted by Gasteiger charge is 2.48.